The summed E-state index contributed by atoms with van der Waals surface area (Å²) >= 11 is 0. The highest BCUT2D eigenvalue weighted by molar-refractivity contribution is 6.24. The number of imide groups is 1. The molecule has 2 atom stereocenters. The number of aromatic amines is 1. The molecule has 1 aromatic heterocycles. The first-order valence-corrected chi connectivity index (χ1v) is 13.7. The third kappa shape index (κ3) is 3.67. The lowest BCUT2D eigenvalue weighted by atomic mass is 9.87. The number of rotatable bonds is 4. The summed E-state index contributed by atoms with van der Waals surface area (Å²) in [6.45, 7) is 2.03. The van der Waals surface area contributed by atoms with Gasteiger partial charge in [-0.3, -0.25) is 14.5 Å². The fourth-order valence-corrected chi connectivity index (χ4v) is 6.71. The van der Waals surface area contributed by atoms with Crippen LogP contribution in [0.1, 0.15) is 64.5 Å². The maximum Gasteiger partial charge on any atom is 0.332 e. The minimum absolute atomic E-state index is 0.130. The van der Waals surface area contributed by atoms with Crippen molar-refractivity contribution in [2.75, 3.05) is 4.90 Å². The van der Waals surface area contributed by atoms with Gasteiger partial charge in [0, 0.05) is 29.1 Å². The Morgan fingerprint density at radius 2 is 1.64 bits per heavy atom. The summed E-state index contributed by atoms with van der Waals surface area (Å²) in [6.07, 6.45) is 4.52. The number of anilines is 1. The first kappa shape index (κ1) is 23.7. The SMILES string of the molecule is Cc1ccccc1[C@@H]1c2[nH]c3ccccc3c2C[C@H]2C(=O)N(c3ccccc3C(=O)NC3CCCC3)C(=O)N12. The average molecular weight is 519 g/mol. The van der Waals surface area contributed by atoms with E-state index in [1.807, 2.05) is 49.4 Å². The zero-order valence-electron chi connectivity index (χ0n) is 21.8. The van der Waals surface area contributed by atoms with Gasteiger partial charge in [0.05, 0.1) is 11.3 Å². The number of aryl methyl sites for hydroxylation is 1. The summed E-state index contributed by atoms with van der Waals surface area (Å²) in [5.74, 6) is -0.537. The molecule has 0 spiro atoms. The van der Waals surface area contributed by atoms with Crippen molar-refractivity contribution < 1.29 is 14.4 Å². The number of urea groups is 1. The predicted octanol–water partition coefficient (Wildman–Crippen LogP) is 5.63. The molecule has 196 valence electrons. The normalized spacial score (nSPS) is 20.9. The quantitative estimate of drug-likeness (QED) is 0.343. The molecule has 0 unspecified atom stereocenters. The number of nitrogens with one attached hydrogen (secondary N) is 2. The molecule has 1 saturated carbocycles. The van der Waals surface area contributed by atoms with Crippen molar-refractivity contribution in [1.82, 2.24) is 15.2 Å². The van der Waals surface area contributed by atoms with E-state index in [9.17, 15) is 14.4 Å². The molecule has 7 heteroatoms. The highest BCUT2D eigenvalue weighted by atomic mass is 16.2. The fourth-order valence-electron chi connectivity index (χ4n) is 6.71. The van der Waals surface area contributed by atoms with Gasteiger partial charge in [-0.1, -0.05) is 67.4 Å². The Morgan fingerprint density at radius 3 is 2.46 bits per heavy atom. The van der Waals surface area contributed by atoms with Crippen LogP contribution < -0.4 is 10.2 Å². The Hall–Kier alpha value is -4.39. The largest absolute Gasteiger partial charge is 0.356 e. The van der Waals surface area contributed by atoms with Gasteiger partial charge in [0.1, 0.15) is 12.1 Å². The predicted molar refractivity (Wildman–Crippen MR) is 150 cm³/mol. The van der Waals surface area contributed by atoms with Crippen molar-refractivity contribution in [1.29, 1.82) is 0 Å². The van der Waals surface area contributed by atoms with Crippen molar-refractivity contribution in [2.45, 2.75) is 57.2 Å². The third-order valence-corrected chi connectivity index (χ3v) is 8.61. The molecule has 4 amide bonds. The fraction of sp³-hybridized carbons (Fsp3) is 0.281. The van der Waals surface area contributed by atoms with Gasteiger partial charge in [-0.2, -0.15) is 0 Å². The van der Waals surface area contributed by atoms with Crippen LogP contribution in [0.15, 0.2) is 72.8 Å². The standard InChI is InChI=1S/C32H30N4O3/c1-19-10-2-5-13-21(19)29-28-24(22-14-6-8-16-25(22)34-28)18-27-31(38)36(32(39)35(27)29)26-17-9-7-15-23(26)30(37)33-20-11-3-4-12-20/h2,5-10,13-17,20,27,29,34H,3-4,11-12,18H2,1H3,(H,33,37)/t27-,29+/m0/s1. The van der Waals surface area contributed by atoms with E-state index in [1.165, 1.54) is 4.90 Å². The summed E-state index contributed by atoms with van der Waals surface area (Å²) in [5.41, 5.74) is 5.71. The molecule has 7 rings (SSSR count). The van der Waals surface area contributed by atoms with E-state index in [0.717, 1.165) is 59.0 Å². The van der Waals surface area contributed by atoms with Crippen LogP contribution in [0.25, 0.3) is 10.9 Å². The Bertz CT molecular complexity index is 1630. The third-order valence-electron chi connectivity index (χ3n) is 8.61. The molecule has 3 aromatic carbocycles. The lowest BCUT2D eigenvalue weighted by Crippen LogP contribution is -2.44. The zero-order valence-corrected chi connectivity index (χ0v) is 21.8. The summed E-state index contributed by atoms with van der Waals surface area (Å²) in [6, 6.07) is 21.7. The molecule has 2 aliphatic heterocycles. The van der Waals surface area contributed by atoms with Crippen LogP contribution in [-0.2, 0) is 11.2 Å². The molecule has 0 radical (unpaired) electrons. The monoisotopic (exact) mass is 518 g/mol. The van der Waals surface area contributed by atoms with Gasteiger partial charge in [0.25, 0.3) is 11.8 Å². The zero-order chi connectivity index (χ0) is 26.7. The molecule has 3 heterocycles. The minimum Gasteiger partial charge on any atom is -0.356 e. The summed E-state index contributed by atoms with van der Waals surface area (Å²) in [5, 5.41) is 4.19. The van der Waals surface area contributed by atoms with Crippen LogP contribution >= 0.6 is 0 Å². The van der Waals surface area contributed by atoms with Crippen molar-refractivity contribution >= 4 is 34.4 Å². The molecule has 7 nitrogen and oxygen atoms in total. The molecule has 2 N–H and O–H groups in total. The van der Waals surface area contributed by atoms with Gasteiger partial charge in [-0.05, 0) is 54.7 Å². The summed E-state index contributed by atoms with van der Waals surface area (Å²) in [7, 11) is 0. The maximum atomic E-state index is 14.3. The number of carbonyl (C=O) groups excluding carboxylic acids is 3. The molecule has 1 saturated heterocycles. The van der Waals surface area contributed by atoms with Crippen LogP contribution in [0.3, 0.4) is 0 Å². The van der Waals surface area contributed by atoms with E-state index in [-0.39, 0.29) is 17.9 Å². The summed E-state index contributed by atoms with van der Waals surface area (Å²) in [4.78, 5) is 48.3. The number of nitrogens with zero attached hydrogens (tertiary/aromatic N) is 2. The van der Waals surface area contributed by atoms with Gasteiger partial charge >= 0.3 is 6.03 Å². The highest BCUT2D eigenvalue weighted by Crippen LogP contribution is 2.45. The Labute approximate surface area is 226 Å². The number of hydrogen-bond acceptors (Lipinski definition) is 3. The lowest BCUT2D eigenvalue weighted by Gasteiger charge is -2.36. The number of amides is 4. The van der Waals surface area contributed by atoms with E-state index in [1.54, 1.807) is 29.2 Å². The Morgan fingerprint density at radius 1 is 0.923 bits per heavy atom. The average Bonchev–Trinajstić information content (AvgIpc) is 3.65. The first-order chi connectivity index (χ1) is 19.0. The van der Waals surface area contributed by atoms with Crippen LogP contribution in [0, 0.1) is 6.92 Å². The second kappa shape index (κ2) is 9.12. The molecular weight excluding hydrogens is 488 g/mol. The molecule has 3 aliphatic rings. The second-order valence-corrected chi connectivity index (χ2v) is 10.9. The first-order valence-electron chi connectivity index (χ1n) is 13.7. The Kier molecular flexibility index (Phi) is 5.54. The van der Waals surface area contributed by atoms with E-state index in [2.05, 4.69) is 16.4 Å². The van der Waals surface area contributed by atoms with Crippen molar-refractivity contribution in [3.05, 3.63) is 101 Å². The molecule has 2 fully saturated rings. The number of fused-ring (bicyclic) bond motifs is 4. The number of H-pyrrole nitrogens is 1. The molecular formula is C32H30N4O3. The van der Waals surface area contributed by atoms with Crippen LogP contribution in [0.4, 0.5) is 10.5 Å². The topological polar surface area (TPSA) is 85.5 Å². The number of carbonyl (C=O) groups is 3. The maximum absolute atomic E-state index is 14.3. The van der Waals surface area contributed by atoms with Gasteiger partial charge in [-0.15, -0.1) is 0 Å². The smallest absolute Gasteiger partial charge is 0.332 e. The Balaban J connectivity index is 1.34. The number of para-hydroxylation sites is 2. The molecule has 0 bridgehead atoms. The lowest BCUT2D eigenvalue weighted by molar-refractivity contribution is -0.120. The van der Waals surface area contributed by atoms with Gasteiger partial charge in [-0.25, -0.2) is 9.69 Å². The number of aromatic nitrogens is 1. The van der Waals surface area contributed by atoms with Crippen molar-refractivity contribution in [2.24, 2.45) is 0 Å². The van der Waals surface area contributed by atoms with E-state index in [4.69, 9.17) is 0 Å². The molecule has 39 heavy (non-hydrogen) atoms. The van der Waals surface area contributed by atoms with E-state index < -0.39 is 18.1 Å². The van der Waals surface area contributed by atoms with Gasteiger partial charge < -0.3 is 10.3 Å². The molecule has 4 aromatic rings. The van der Waals surface area contributed by atoms with E-state index >= 15 is 0 Å². The van der Waals surface area contributed by atoms with Gasteiger partial charge in [0.2, 0.25) is 0 Å². The number of benzene rings is 3. The molecule has 1 aliphatic carbocycles. The highest BCUT2D eigenvalue weighted by Gasteiger charge is 2.53. The van der Waals surface area contributed by atoms with Crippen molar-refractivity contribution in [3.63, 3.8) is 0 Å². The van der Waals surface area contributed by atoms with Crippen LogP contribution in [0.5, 0.6) is 0 Å². The number of hydrogen-bond donors (Lipinski definition) is 2. The van der Waals surface area contributed by atoms with Crippen molar-refractivity contribution in [3.8, 4) is 0 Å². The van der Waals surface area contributed by atoms with Gasteiger partial charge in [0.15, 0.2) is 0 Å². The second-order valence-electron chi connectivity index (χ2n) is 10.9. The minimum atomic E-state index is -0.667. The van der Waals surface area contributed by atoms with Crippen LogP contribution in [-0.4, -0.2) is 39.8 Å². The van der Waals surface area contributed by atoms with E-state index in [0.29, 0.717) is 17.7 Å². The summed E-state index contributed by atoms with van der Waals surface area (Å²) < 4.78 is 0. The van der Waals surface area contributed by atoms with Crippen LogP contribution in [0.2, 0.25) is 0 Å².